The van der Waals surface area contributed by atoms with Crippen molar-refractivity contribution < 1.29 is 9.00 Å². The summed E-state index contributed by atoms with van der Waals surface area (Å²) in [7, 11) is 0. The van der Waals surface area contributed by atoms with E-state index in [1.54, 1.807) is 0 Å². The summed E-state index contributed by atoms with van der Waals surface area (Å²) in [6.45, 7) is 11.8. The van der Waals surface area contributed by atoms with Gasteiger partial charge in [0.1, 0.15) is 5.82 Å². The molecule has 8 nitrogen and oxygen atoms in total. The van der Waals surface area contributed by atoms with Crippen molar-refractivity contribution in [1.29, 1.82) is 0 Å². The largest absolute Gasteiger partial charge is 0.316 e. The molecule has 3 saturated heterocycles. The van der Waals surface area contributed by atoms with Gasteiger partial charge < -0.3 is 5.32 Å². The second-order valence-corrected chi connectivity index (χ2v) is 13.4. The first-order chi connectivity index (χ1) is 17.0. The van der Waals surface area contributed by atoms with Crippen molar-refractivity contribution in [1.82, 2.24) is 18.8 Å². The Kier molecular flexibility index (Phi) is 6.26. The van der Waals surface area contributed by atoms with Crippen LogP contribution in [0.3, 0.4) is 0 Å². The lowest BCUT2D eigenvalue weighted by Crippen LogP contribution is -2.64. The van der Waals surface area contributed by atoms with Crippen molar-refractivity contribution in [2.45, 2.75) is 76.8 Å². The summed E-state index contributed by atoms with van der Waals surface area (Å²) in [5.74, 6) is 1.49. The Morgan fingerprint density at radius 2 is 1.86 bits per heavy atom. The number of carbonyl (C=O) groups is 1. The van der Waals surface area contributed by atoms with E-state index in [2.05, 4.69) is 32.6 Å². The van der Waals surface area contributed by atoms with Gasteiger partial charge in [0, 0.05) is 56.0 Å². The molecule has 0 radical (unpaired) electrons. The molecule has 0 aromatic carbocycles. The van der Waals surface area contributed by atoms with E-state index in [1.807, 2.05) is 11.1 Å². The van der Waals surface area contributed by atoms with Gasteiger partial charge in [0.05, 0.1) is 11.5 Å². The first-order valence-corrected chi connectivity index (χ1v) is 14.7. The summed E-state index contributed by atoms with van der Waals surface area (Å²) < 4.78 is 17.4. The van der Waals surface area contributed by atoms with Crippen LogP contribution >= 0.6 is 0 Å². The third-order valence-corrected chi connectivity index (χ3v) is 11.0. The normalized spacial score (nSPS) is 34.3. The highest BCUT2D eigenvalue weighted by Gasteiger charge is 2.62. The molecule has 6 aliphatic rings. The van der Waals surface area contributed by atoms with E-state index in [0.717, 1.165) is 82.8 Å². The molecule has 35 heavy (non-hydrogen) atoms. The molecule has 6 rings (SSSR count). The van der Waals surface area contributed by atoms with Gasteiger partial charge in [-0.25, -0.2) is 17.8 Å². The number of carbonyl (C=O) groups excluding carboxylic acids is 1. The van der Waals surface area contributed by atoms with Crippen LogP contribution in [-0.4, -0.2) is 87.9 Å². The second-order valence-electron chi connectivity index (χ2n) is 11.9. The quantitative estimate of drug-likeness (QED) is 0.569. The Hall–Kier alpha value is -1.42. The highest BCUT2D eigenvalue weighted by atomic mass is 32.2. The molecule has 3 atom stereocenters. The number of hydrogen-bond donors (Lipinski definition) is 1. The molecule has 5 fully saturated rings. The first-order valence-electron chi connectivity index (χ1n) is 13.7. The third kappa shape index (κ3) is 4.06. The van der Waals surface area contributed by atoms with Crippen molar-refractivity contribution in [2.24, 2.45) is 26.7 Å². The lowest BCUT2D eigenvalue weighted by atomic mass is 9.75. The van der Waals surface area contributed by atoms with E-state index in [-0.39, 0.29) is 18.0 Å². The predicted molar refractivity (Wildman–Crippen MR) is 139 cm³/mol. The molecule has 192 valence electrons. The van der Waals surface area contributed by atoms with Gasteiger partial charge >= 0.3 is 0 Å². The zero-order chi connectivity index (χ0) is 24.2. The second kappa shape index (κ2) is 9.15. The van der Waals surface area contributed by atoms with Crippen LogP contribution in [0.25, 0.3) is 0 Å². The number of piperidine rings is 2. The number of aliphatic imine (C=N–C) groups is 2. The summed E-state index contributed by atoms with van der Waals surface area (Å²) in [5, 5.41) is 3.51. The van der Waals surface area contributed by atoms with Gasteiger partial charge in [-0.15, -0.1) is 0 Å². The molecular weight excluding hydrogens is 460 g/mol. The Morgan fingerprint density at radius 1 is 1.09 bits per heavy atom. The fourth-order valence-electron chi connectivity index (χ4n) is 7.16. The van der Waals surface area contributed by atoms with E-state index in [1.165, 1.54) is 25.7 Å². The maximum atomic E-state index is 13.5. The SMILES string of the molecule is C=NC1=C(C=NC2CCN(S(=O)N3CC4(CCCNC4)C3)CC2)C2(CC2)C(=O)N1C1CCCC1C. The van der Waals surface area contributed by atoms with E-state index in [9.17, 15) is 9.00 Å². The molecule has 0 aromatic heterocycles. The smallest absolute Gasteiger partial charge is 0.239 e. The zero-order valence-electron chi connectivity index (χ0n) is 21.1. The van der Waals surface area contributed by atoms with Gasteiger partial charge in [-0.2, -0.15) is 0 Å². The maximum Gasteiger partial charge on any atom is 0.239 e. The molecule has 3 unspecified atom stereocenters. The van der Waals surface area contributed by atoms with Crippen LogP contribution in [0.2, 0.25) is 0 Å². The summed E-state index contributed by atoms with van der Waals surface area (Å²) in [6.07, 6.45) is 11.4. The van der Waals surface area contributed by atoms with Crippen molar-refractivity contribution in [2.75, 3.05) is 39.3 Å². The number of nitrogens with zero attached hydrogens (tertiary/aromatic N) is 5. The van der Waals surface area contributed by atoms with E-state index in [4.69, 9.17) is 4.99 Å². The topological polar surface area (TPSA) is 80.6 Å². The van der Waals surface area contributed by atoms with Gasteiger partial charge in [-0.05, 0) is 70.5 Å². The minimum atomic E-state index is -1.03. The Balaban J connectivity index is 1.08. The average molecular weight is 501 g/mol. The van der Waals surface area contributed by atoms with Crippen LogP contribution in [0.5, 0.6) is 0 Å². The van der Waals surface area contributed by atoms with E-state index in [0.29, 0.717) is 11.3 Å². The minimum absolute atomic E-state index is 0.206. The van der Waals surface area contributed by atoms with Crippen LogP contribution in [0.15, 0.2) is 21.4 Å². The Labute approximate surface area is 212 Å². The van der Waals surface area contributed by atoms with Gasteiger partial charge in [0.2, 0.25) is 5.91 Å². The van der Waals surface area contributed by atoms with Crippen LogP contribution in [0, 0.1) is 16.7 Å². The fraction of sp³-hybridized carbons (Fsp3) is 0.808. The maximum absolute atomic E-state index is 13.5. The summed E-state index contributed by atoms with van der Waals surface area (Å²) in [4.78, 5) is 24.8. The molecule has 0 aromatic rings. The van der Waals surface area contributed by atoms with Gasteiger partial charge in [-0.1, -0.05) is 13.3 Å². The molecule has 1 N–H and O–H groups in total. The monoisotopic (exact) mass is 500 g/mol. The average Bonchev–Trinajstić information content (AvgIpc) is 3.50. The molecule has 2 spiro atoms. The van der Waals surface area contributed by atoms with Gasteiger partial charge in [0.25, 0.3) is 0 Å². The highest BCUT2D eigenvalue weighted by molar-refractivity contribution is 7.80. The van der Waals surface area contributed by atoms with Crippen molar-refractivity contribution in [3.63, 3.8) is 0 Å². The van der Waals surface area contributed by atoms with E-state index < -0.39 is 16.6 Å². The summed E-state index contributed by atoms with van der Waals surface area (Å²) in [5.41, 5.74) is 0.948. The predicted octanol–water partition coefficient (Wildman–Crippen LogP) is 2.51. The molecule has 2 saturated carbocycles. The molecule has 9 heteroatoms. The number of nitrogens with one attached hydrogen (secondary N) is 1. The Bertz CT molecular complexity index is 953. The van der Waals surface area contributed by atoms with Gasteiger partial charge in [0.15, 0.2) is 11.2 Å². The zero-order valence-corrected chi connectivity index (χ0v) is 21.9. The van der Waals surface area contributed by atoms with Crippen molar-refractivity contribution in [3.05, 3.63) is 11.4 Å². The molecular formula is C26H40N6O2S. The summed E-state index contributed by atoms with van der Waals surface area (Å²) in [6, 6.07) is 0.451. The number of rotatable bonds is 6. The highest BCUT2D eigenvalue weighted by Crippen LogP contribution is 2.59. The van der Waals surface area contributed by atoms with E-state index >= 15 is 0 Å². The lowest BCUT2D eigenvalue weighted by Gasteiger charge is -2.52. The molecule has 4 heterocycles. The lowest BCUT2D eigenvalue weighted by molar-refractivity contribution is -0.134. The van der Waals surface area contributed by atoms with Crippen LogP contribution in [0.4, 0.5) is 0 Å². The molecule has 2 aliphatic carbocycles. The van der Waals surface area contributed by atoms with Crippen molar-refractivity contribution >= 4 is 30.0 Å². The van der Waals surface area contributed by atoms with Crippen LogP contribution < -0.4 is 5.32 Å². The minimum Gasteiger partial charge on any atom is -0.316 e. The number of hydrogen-bond acceptors (Lipinski definition) is 5. The Morgan fingerprint density at radius 3 is 2.46 bits per heavy atom. The molecule has 4 aliphatic heterocycles. The van der Waals surface area contributed by atoms with Crippen molar-refractivity contribution in [3.8, 4) is 0 Å². The van der Waals surface area contributed by atoms with Crippen LogP contribution in [0.1, 0.15) is 64.7 Å². The summed E-state index contributed by atoms with van der Waals surface area (Å²) >= 11 is -1.03. The third-order valence-electron chi connectivity index (χ3n) is 9.52. The number of amides is 1. The fourth-order valence-corrected chi connectivity index (χ4v) is 8.78. The first kappa shape index (κ1) is 23.9. The molecule has 0 bridgehead atoms. The molecule has 1 amide bonds. The van der Waals surface area contributed by atoms with Gasteiger partial charge in [-0.3, -0.25) is 14.7 Å². The standard InChI is InChI=1S/C26H40N6O2S/c1-19-5-3-6-22(19)32-23(27-2)21(26(10-11-26)24(32)33)15-29-20-7-13-30(14-8-20)35(34)31-17-25(18-31)9-4-12-28-16-25/h15,19-20,22,28H,2-14,16-18H2,1H3. The van der Waals surface area contributed by atoms with Crippen LogP contribution in [-0.2, 0) is 16.0 Å².